The van der Waals surface area contributed by atoms with E-state index in [4.69, 9.17) is 4.42 Å². The molecule has 1 heterocycles. The van der Waals surface area contributed by atoms with E-state index < -0.39 is 0 Å². The summed E-state index contributed by atoms with van der Waals surface area (Å²) in [6.07, 6.45) is 0. The second-order valence-corrected chi connectivity index (χ2v) is 16.6. The van der Waals surface area contributed by atoms with Crippen molar-refractivity contribution in [3.8, 4) is 78.1 Å². The second kappa shape index (κ2) is 17.4. The van der Waals surface area contributed by atoms with Crippen LogP contribution in [0, 0.1) is 6.92 Å². The SMILES string of the molecule is Cc1c(-c2cccc(-c3ccc(-c4ccc(N(c5ccc(-c6ccc(-c7ccccc7)cc6)cc5)c5ccc(-c6cccc(-c7ccccc7)c6)cc5)cc4)cc3)c2)oc2ccccc12. The summed E-state index contributed by atoms with van der Waals surface area (Å²) < 4.78 is 6.31. The summed E-state index contributed by atoms with van der Waals surface area (Å²) in [6, 6.07) is 91.3. The number of fused-ring (bicyclic) bond motifs is 1. The fourth-order valence-electron chi connectivity index (χ4n) is 9.00. The lowest BCUT2D eigenvalue weighted by Gasteiger charge is -2.26. The molecular formula is C63H45NO. The molecule has 308 valence electrons. The third-order valence-corrected chi connectivity index (χ3v) is 12.5. The van der Waals surface area contributed by atoms with E-state index >= 15 is 0 Å². The minimum atomic E-state index is 0.918. The fraction of sp³-hybridized carbons (Fsp3) is 0.0159. The topological polar surface area (TPSA) is 16.4 Å². The third-order valence-electron chi connectivity index (χ3n) is 12.5. The average Bonchev–Trinajstić information content (AvgIpc) is 3.73. The Balaban J connectivity index is 0.885. The van der Waals surface area contributed by atoms with Gasteiger partial charge in [0.1, 0.15) is 11.3 Å². The largest absolute Gasteiger partial charge is 0.456 e. The lowest BCUT2D eigenvalue weighted by Crippen LogP contribution is -2.09. The van der Waals surface area contributed by atoms with Gasteiger partial charge in [0.15, 0.2) is 0 Å². The molecule has 0 aliphatic heterocycles. The molecule has 0 unspecified atom stereocenters. The molecule has 1 aromatic heterocycles. The zero-order valence-electron chi connectivity index (χ0n) is 36.1. The maximum atomic E-state index is 6.31. The van der Waals surface area contributed by atoms with Crippen molar-refractivity contribution >= 4 is 28.0 Å². The number of hydrogen-bond donors (Lipinski definition) is 0. The van der Waals surface area contributed by atoms with Crippen LogP contribution in [0.4, 0.5) is 17.1 Å². The van der Waals surface area contributed by atoms with Crippen LogP contribution < -0.4 is 4.90 Å². The van der Waals surface area contributed by atoms with Crippen LogP contribution in [0.15, 0.2) is 259 Å². The van der Waals surface area contributed by atoms with Crippen molar-refractivity contribution in [2.75, 3.05) is 4.90 Å². The zero-order chi connectivity index (χ0) is 43.5. The van der Waals surface area contributed by atoms with Gasteiger partial charge in [0, 0.05) is 33.6 Å². The molecule has 0 spiro atoms. The predicted molar refractivity (Wildman–Crippen MR) is 274 cm³/mol. The highest BCUT2D eigenvalue weighted by molar-refractivity contribution is 5.89. The van der Waals surface area contributed by atoms with Crippen molar-refractivity contribution in [2.24, 2.45) is 0 Å². The molecule has 65 heavy (non-hydrogen) atoms. The van der Waals surface area contributed by atoms with E-state index in [2.05, 4.69) is 254 Å². The highest BCUT2D eigenvalue weighted by Gasteiger charge is 2.16. The van der Waals surface area contributed by atoms with Gasteiger partial charge in [0.05, 0.1) is 0 Å². The van der Waals surface area contributed by atoms with Crippen LogP contribution in [-0.2, 0) is 0 Å². The normalized spacial score (nSPS) is 11.2. The van der Waals surface area contributed by atoms with E-state index in [1.165, 1.54) is 55.6 Å². The summed E-state index contributed by atoms with van der Waals surface area (Å²) in [5, 5.41) is 1.16. The van der Waals surface area contributed by atoms with Crippen molar-refractivity contribution in [3.05, 3.63) is 260 Å². The monoisotopic (exact) mass is 831 g/mol. The molecule has 0 fully saturated rings. The van der Waals surface area contributed by atoms with Crippen LogP contribution in [0.3, 0.4) is 0 Å². The van der Waals surface area contributed by atoms with Gasteiger partial charge in [0.25, 0.3) is 0 Å². The Morgan fingerprint density at radius 3 is 0.969 bits per heavy atom. The molecule has 0 aliphatic carbocycles. The summed E-state index contributed by atoms with van der Waals surface area (Å²) in [4.78, 5) is 2.34. The minimum Gasteiger partial charge on any atom is -0.456 e. The van der Waals surface area contributed by atoms with Crippen molar-refractivity contribution < 1.29 is 4.42 Å². The Hall–Kier alpha value is -8.46. The third kappa shape index (κ3) is 8.06. The molecule has 11 aromatic rings. The van der Waals surface area contributed by atoms with Crippen LogP contribution in [0.5, 0.6) is 0 Å². The van der Waals surface area contributed by atoms with Crippen LogP contribution in [-0.4, -0.2) is 0 Å². The number of anilines is 3. The van der Waals surface area contributed by atoms with Gasteiger partial charge in [-0.15, -0.1) is 0 Å². The van der Waals surface area contributed by atoms with Crippen molar-refractivity contribution in [1.82, 2.24) is 0 Å². The first-order valence-electron chi connectivity index (χ1n) is 22.2. The summed E-state index contributed by atoms with van der Waals surface area (Å²) in [5.41, 5.74) is 20.7. The smallest absolute Gasteiger partial charge is 0.138 e. The molecule has 10 aromatic carbocycles. The molecule has 0 saturated heterocycles. The molecule has 0 radical (unpaired) electrons. The molecule has 0 bridgehead atoms. The molecule has 0 aliphatic rings. The maximum Gasteiger partial charge on any atom is 0.138 e. The van der Waals surface area contributed by atoms with E-state index in [0.29, 0.717) is 0 Å². The Bertz CT molecular complexity index is 3370. The fourth-order valence-corrected chi connectivity index (χ4v) is 9.00. The summed E-state index contributed by atoms with van der Waals surface area (Å²) >= 11 is 0. The van der Waals surface area contributed by atoms with Gasteiger partial charge in [-0.05, 0) is 128 Å². The summed E-state index contributed by atoms with van der Waals surface area (Å²) in [6.45, 7) is 2.14. The molecule has 0 N–H and O–H groups in total. The van der Waals surface area contributed by atoms with Gasteiger partial charge in [-0.1, -0.05) is 200 Å². The Kier molecular flexibility index (Phi) is 10.5. The van der Waals surface area contributed by atoms with Crippen molar-refractivity contribution in [1.29, 1.82) is 0 Å². The number of nitrogens with zero attached hydrogens (tertiary/aromatic N) is 1. The Labute approximate surface area is 381 Å². The highest BCUT2D eigenvalue weighted by Crippen LogP contribution is 2.39. The van der Waals surface area contributed by atoms with Crippen molar-refractivity contribution in [2.45, 2.75) is 6.92 Å². The van der Waals surface area contributed by atoms with E-state index in [0.717, 1.165) is 56.0 Å². The second-order valence-electron chi connectivity index (χ2n) is 16.6. The lowest BCUT2D eigenvalue weighted by atomic mass is 9.97. The minimum absolute atomic E-state index is 0.918. The first-order valence-corrected chi connectivity index (χ1v) is 22.2. The van der Waals surface area contributed by atoms with E-state index in [1.54, 1.807) is 0 Å². The average molecular weight is 832 g/mol. The molecule has 0 atom stereocenters. The molecule has 0 amide bonds. The predicted octanol–water partition coefficient (Wildman–Crippen LogP) is 17.9. The quantitative estimate of drug-likeness (QED) is 0.136. The molecule has 11 rings (SSSR count). The first kappa shape index (κ1) is 39.4. The molecule has 0 saturated carbocycles. The first-order chi connectivity index (χ1) is 32.1. The zero-order valence-corrected chi connectivity index (χ0v) is 36.1. The summed E-state index contributed by atoms with van der Waals surface area (Å²) in [7, 11) is 0. The van der Waals surface area contributed by atoms with Crippen LogP contribution in [0.25, 0.3) is 89.1 Å². The molecule has 2 heteroatoms. The van der Waals surface area contributed by atoms with Crippen LogP contribution >= 0.6 is 0 Å². The van der Waals surface area contributed by atoms with E-state index in [-0.39, 0.29) is 0 Å². The Morgan fingerprint density at radius 2 is 0.554 bits per heavy atom. The van der Waals surface area contributed by atoms with Crippen molar-refractivity contribution in [3.63, 3.8) is 0 Å². The van der Waals surface area contributed by atoms with Gasteiger partial charge >= 0.3 is 0 Å². The van der Waals surface area contributed by atoms with Gasteiger partial charge < -0.3 is 9.32 Å². The molecule has 2 nitrogen and oxygen atoms in total. The van der Waals surface area contributed by atoms with Crippen LogP contribution in [0.1, 0.15) is 5.56 Å². The number of furan rings is 1. The van der Waals surface area contributed by atoms with Gasteiger partial charge in [-0.25, -0.2) is 0 Å². The molecular weight excluding hydrogens is 787 g/mol. The number of benzene rings is 10. The lowest BCUT2D eigenvalue weighted by molar-refractivity contribution is 0.629. The highest BCUT2D eigenvalue weighted by atomic mass is 16.3. The van der Waals surface area contributed by atoms with E-state index in [1.807, 2.05) is 12.1 Å². The van der Waals surface area contributed by atoms with Crippen LogP contribution in [0.2, 0.25) is 0 Å². The maximum absolute atomic E-state index is 6.31. The number of aryl methyl sites for hydroxylation is 1. The number of hydrogen-bond acceptors (Lipinski definition) is 2. The van der Waals surface area contributed by atoms with Gasteiger partial charge in [-0.3, -0.25) is 0 Å². The van der Waals surface area contributed by atoms with E-state index in [9.17, 15) is 0 Å². The standard InChI is InChI=1S/C63H45NO/c1-44-61-20-8-9-21-62(61)65-63(44)57-19-11-18-56(43-57)52-28-26-49(27-29-52)51-32-38-59(39-33-51)64(58-36-30-50(31-37-58)48-24-22-47(23-25-48)45-12-4-2-5-13-45)60-40-34-53(35-41-60)55-17-10-16-54(42-55)46-14-6-3-7-15-46/h2-43H,1H3. The Morgan fingerprint density at radius 1 is 0.262 bits per heavy atom. The van der Waals surface area contributed by atoms with Gasteiger partial charge in [-0.2, -0.15) is 0 Å². The number of rotatable bonds is 10. The van der Waals surface area contributed by atoms with Gasteiger partial charge in [0.2, 0.25) is 0 Å². The summed E-state index contributed by atoms with van der Waals surface area (Å²) in [5.74, 6) is 0.924. The number of para-hydroxylation sites is 1.